The van der Waals surface area contributed by atoms with Crippen molar-refractivity contribution in [1.82, 2.24) is 9.97 Å². The number of hydrogen-bond acceptors (Lipinski definition) is 5. The number of hydrogen-bond donors (Lipinski definition) is 1. The molecule has 4 rings (SSSR count). The zero-order chi connectivity index (χ0) is 17.9. The molecule has 2 aromatic heterocycles. The highest BCUT2D eigenvalue weighted by Crippen LogP contribution is 2.29. The van der Waals surface area contributed by atoms with Gasteiger partial charge in [-0.2, -0.15) is 5.10 Å². The van der Waals surface area contributed by atoms with Crippen LogP contribution in [-0.4, -0.2) is 16.2 Å². The number of furan rings is 1. The second-order valence-electron chi connectivity index (χ2n) is 5.44. The van der Waals surface area contributed by atoms with Crippen molar-refractivity contribution in [2.45, 2.75) is 0 Å². The topological polar surface area (TPSA) is 63.3 Å². The molecule has 0 aliphatic rings. The van der Waals surface area contributed by atoms with E-state index in [0.717, 1.165) is 22.2 Å². The van der Waals surface area contributed by atoms with Crippen LogP contribution in [-0.2, 0) is 0 Å². The van der Waals surface area contributed by atoms with Crippen molar-refractivity contribution in [3.63, 3.8) is 0 Å². The van der Waals surface area contributed by atoms with Gasteiger partial charge in [-0.3, -0.25) is 0 Å². The van der Waals surface area contributed by atoms with Gasteiger partial charge >= 0.3 is 0 Å². The highest BCUT2D eigenvalue weighted by Gasteiger charge is 2.10. The summed E-state index contributed by atoms with van der Waals surface area (Å²) in [5.41, 5.74) is 5.34. The van der Waals surface area contributed by atoms with E-state index in [1.807, 2.05) is 42.5 Å². The largest absolute Gasteiger partial charge is 0.444 e. The van der Waals surface area contributed by atoms with Crippen LogP contribution in [0.4, 0.5) is 5.95 Å². The molecule has 0 saturated carbocycles. The van der Waals surface area contributed by atoms with E-state index in [2.05, 4.69) is 20.5 Å². The second-order valence-corrected chi connectivity index (χ2v) is 6.24. The van der Waals surface area contributed by atoms with Gasteiger partial charge in [-0.15, -0.1) is 0 Å². The number of rotatable bonds is 4. The van der Waals surface area contributed by atoms with E-state index in [0.29, 0.717) is 22.0 Å². The van der Waals surface area contributed by atoms with Crippen LogP contribution in [0.15, 0.2) is 70.2 Å². The predicted octanol–water partition coefficient (Wildman–Crippen LogP) is 5.64. The van der Waals surface area contributed by atoms with Crippen LogP contribution >= 0.6 is 23.2 Å². The minimum Gasteiger partial charge on any atom is -0.444 e. The molecule has 0 spiro atoms. The molecule has 0 bridgehead atoms. The zero-order valence-corrected chi connectivity index (χ0v) is 14.9. The molecule has 0 fully saturated rings. The Morgan fingerprint density at radius 3 is 2.58 bits per heavy atom. The number of nitrogens with zero attached hydrogens (tertiary/aromatic N) is 3. The maximum Gasteiger partial charge on any atom is 0.244 e. The molecule has 0 atom stereocenters. The van der Waals surface area contributed by atoms with Gasteiger partial charge in [0.15, 0.2) is 5.22 Å². The van der Waals surface area contributed by atoms with Gasteiger partial charge in [0.2, 0.25) is 5.95 Å². The van der Waals surface area contributed by atoms with Crippen LogP contribution in [0.5, 0.6) is 0 Å². The minimum atomic E-state index is 0.302. The SMILES string of the molecule is Clc1ccc2nc(N/N=C\c3ccc(Cl)o3)nc(-c3ccccc3)c2c1. The summed E-state index contributed by atoms with van der Waals surface area (Å²) in [5, 5.41) is 5.91. The lowest BCUT2D eigenvalue weighted by Gasteiger charge is -2.08. The van der Waals surface area contributed by atoms with Crippen LogP contribution in [0.2, 0.25) is 10.2 Å². The van der Waals surface area contributed by atoms with Crippen LogP contribution in [0, 0.1) is 0 Å². The highest BCUT2D eigenvalue weighted by molar-refractivity contribution is 6.31. The van der Waals surface area contributed by atoms with Crippen molar-refractivity contribution < 1.29 is 4.42 Å². The number of nitrogens with one attached hydrogen (secondary N) is 1. The van der Waals surface area contributed by atoms with Crippen molar-refractivity contribution in [2.75, 3.05) is 5.43 Å². The Kier molecular flexibility index (Phi) is 4.56. The quantitative estimate of drug-likeness (QED) is 0.366. The molecule has 5 nitrogen and oxygen atoms in total. The summed E-state index contributed by atoms with van der Waals surface area (Å²) >= 11 is 11.9. The Labute approximate surface area is 159 Å². The molecular formula is C19H12Cl2N4O. The van der Waals surface area contributed by atoms with Gasteiger partial charge in [0, 0.05) is 16.0 Å². The fourth-order valence-corrected chi connectivity index (χ4v) is 2.84. The summed E-state index contributed by atoms with van der Waals surface area (Å²) in [5.74, 6) is 0.894. The Morgan fingerprint density at radius 2 is 1.81 bits per heavy atom. The number of aromatic nitrogens is 2. The standard InChI is InChI=1S/C19H12Cl2N4O/c20-13-6-8-16-15(10-13)18(12-4-2-1-3-5-12)24-19(23-16)25-22-11-14-7-9-17(21)26-14/h1-11H,(H,23,24,25)/b22-11-. The Hall–Kier alpha value is -2.89. The van der Waals surface area contributed by atoms with Gasteiger partial charge < -0.3 is 4.42 Å². The van der Waals surface area contributed by atoms with Crippen LogP contribution in [0.3, 0.4) is 0 Å². The average molecular weight is 383 g/mol. The van der Waals surface area contributed by atoms with E-state index >= 15 is 0 Å². The molecule has 0 unspecified atom stereocenters. The van der Waals surface area contributed by atoms with Gasteiger partial charge in [0.1, 0.15) is 5.76 Å². The van der Waals surface area contributed by atoms with Gasteiger partial charge in [0.25, 0.3) is 0 Å². The summed E-state index contributed by atoms with van der Waals surface area (Å²) < 4.78 is 5.22. The predicted molar refractivity (Wildman–Crippen MR) is 105 cm³/mol. The summed E-state index contributed by atoms with van der Waals surface area (Å²) in [6.07, 6.45) is 1.50. The third kappa shape index (κ3) is 3.54. The van der Waals surface area contributed by atoms with Gasteiger partial charge in [0.05, 0.1) is 17.4 Å². The molecule has 1 N–H and O–H groups in total. The molecule has 26 heavy (non-hydrogen) atoms. The Morgan fingerprint density at radius 1 is 0.962 bits per heavy atom. The zero-order valence-electron chi connectivity index (χ0n) is 13.4. The molecular weight excluding hydrogens is 371 g/mol. The molecule has 128 valence electrons. The average Bonchev–Trinajstić information content (AvgIpc) is 3.07. The van der Waals surface area contributed by atoms with Crippen molar-refractivity contribution in [2.24, 2.45) is 5.10 Å². The maximum absolute atomic E-state index is 6.16. The van der Waals surface area contributed by atoms with E-state index in [9.17, 15) is 0 Å². The lowest BCUT2D eigenvalue weighted by molar-refractivity contribution is 0.562. The van der Waals surface area contributed by atoms with Crippen LogP contribution in [0.1, 0.15) is 5.76 Å². The van der Waals surface area contributed by atoms with E-state index in [4.69, 9.17) is 27.6 Å². The summed E-state index contributed by atoms with van der Waals surface area (Å²) in [4.78, 5) is 9.08. The lowest BCUT2D eigenvalue weighted by atomic mass is 10.1. The lowest BCUT2D eigenvalue weighted by Crippen LogP contribution is -1.99. The molecule has 2 aromatic carbocycles. The van der Waals surface area contributed by atoms with Crippen molar-refractivity contribution in [3.8, 4) is 11.3 Å². The first-order valence-corrected chi connectivity index (χ1v) is 8.52. The van der Waals surface area contributed by atoms with Gasteiger partial charge in [-0.1, -0.05) is 41.9 Å². The number of hydrazone groups is 1. The second kappa shape index (κ2) is 7.15. The van der Waals surface area contributed by atoms with E-state index < -0.39 is 0 Å². The van der Waals surface area contributed by atoms with Crippen molar-refractivity contribution >= 4 is 46.3 Å². The van der Waals surface area contributed by atoms with E-state index in [1.54, 1.807) is 18.2 Å². The van der Waals surface area contributed by atoms with Crippen molar-refractivity contribution in [3.05, 3.63) is 76.7 Å². The van der Waals surface area contributed by atoms with Crippen LogP contribution in [0.25, 0.3) is 22.2 Å². The first kappa shape index (κ1) is 16.6. The number of halogens is 2. The highest BCUT2D eigenvalue weighted by atomic mass is 35.5. The fourth-order valence-electron chi connectivity index (χ4n) is 2.52. The van der Waals surface area contributed by atoms with Gasteiger partial charge in [-0.25, -0.2) is 15.4 Å². The number of anilines is 1. The molecule has 0 aliphatic heterocycles. The first-order valence-electron chi connectivity index (χ1n) is 7.76. The molecule has 0 amide bonds. The third-order valence-corrected chi connectivity index (χ3v) is 4.09. The molecule has 0 saturated heterocycles. The molecule has 0 radical (unpaired) electrons. The maximum atomic E-state index is 6.16. The van der Waals surface area contributed by atoms with E-state index in [-0.39, 0.29) is 0 Å². The molecule has 2 heterocycles. The van der Waals surface area contributed by atoms with Gasteiger partial charge in [-0.05, 0) is 41.9 Å². The van der Waals surface area contributed by atoms with E-state index in [1.165, 1.54) is 6.21 Å². The first-order chi connectivity index (χ1) is 12.7. The summed E-state index contributed by atoms with van der Waals surface area (Å²) in [7, 11) is 0. The van der Waals surface area contributed by atoms with Crippen molar-refractivity contribution in [1.29, 1.82) is 0 Å². The number of fused-ring (bicyclic) bond motifs is 1. The monoisotopic (exact) mass is 382 g/mol. The summed E-state index contributed by atoms with van der Waals surface area (Å²) in [6, 6.07) is 18.7. The minimum absolute atomic E-state index is 0.302. The number of benzene rings is 2. The Bertz CT molecular complexity index is 1090. The van der Waals surface area contributed by atoms with Crippen LogP contribution < -0.4 is 5.43 Å². The molecule has 4 aromatic rings. The molecule has 0 aliphatic carbocycles. The fraction of sp³-hybridized carbons (Fsp3) is 0. The Balaban J connectivity index is 1.74. The summed E-state index contributed by atoms with van der Waals surface area (Å²) in [6.45, 7) is 0. The normalized spacial score (nSPS) is 11.3. The third-order valence-electron chi connectivity index (χ3n) is 3.66. The molecule has 7 heteroatoms. The smallest absolute Gasteiger partial charge is 0.244 e.